The molecule has 1 amide bonds. The summed E-state index contributed by atoms with van der Waals surface area (Å²) in [6.45, 7) is 3.16. The molecule has 2 rings (SSSR count). The van der Waals surface area contributed by atoms with Crippen molar-refractivity contribution >= 4 is 33.6 Å². The molecule has 0 saturated carbocycles. The molecule has 1 aromatic heterocycles. The second kappa shape index (κ2) is 8.49. The number of amides is 1. The van der Waals surface area contributed by atoms with Gasteiger partial charge in [0.25, 0.3) is 5.91 Å². The summed E-state index contributed by atoms with van der Waals surface area (Å²) in [4.78, 5) is 23.9. The molecular formula is C16H17BrN2O5. The number of benzene rings is 1. The van der Waals surface area contributed by atoms with Crippen molar-refractivity contribution in [3.8, 4) is 5.75 Å². The van der Waals surface area contributed by atoms with Crippen LogP contribution in [0.1, 0.15) is 19.1 Å². The van der Waals surface area contributed by atoms with Gasteiger partial charge < -0.3 is 19.3 Å². The van der Waals surface area contributed by atoms with Gasteiger partial charge in [0.2, 0.25) is 0 Å². The van der Waals surface area contributed by atoms with Crippen LogP contribution in [-0.4, -0.2) is 29.7 Å². The van der Waals surface area contributed by atoms with E-state index in [2.05, 4.69) is 26.4 Å². The summed E-state index contributed by atoms with van der Waals surface area (Å²) in [5.74, 6) is 0.279. The Labute approximate surface area is 147 Å². The zero-order chi connectivity index (χ0) is 17.5. The molecule has 0 aliphatic rings. The predicted molar refractivity (Wildman–Crippen MR) is 89.7 cm³/mol. The Morgan fingerprint density at radius 3 is 2.62 bits per heavy atom. The van der Waals surface area contributed by atoms with Crippen molar-refractivity contribution < 1.29 is 23.6 Å². The lowest BCUT2D eigenvalue weighted by Crippen LogP contribution is -2.33. The highest BCUT2D eigenvalue weighted by atomic mass is 79.9. The van der Waals surface area contributed by atoms with Gasteiger partial charge in [0, 0.05) is 10.5 Å². The topological polar surface area (TPSA) is 90.7 Å². The van der Waals surface area contributed by atoms with E-state index < -0.39 is 18.0 Å². The lowest BCUT2D eigenvalue weighted by molar-refractivity contribution is -0.156. The van der Waals surface area contributed by atoms with E-state index >= 15 is 0 Å². The number of rotatable bonds is 7. The van der Waals surface area contributed by atoms with Crippen LogP contribution >= 0.6 is 15.9 Å². The molecule has 0 radical (unpaired) electrons. The first kappa shape index (κ1) is 18.0. The van der Waals surface area contributed by atoms with Crippen LogP contribution in [0.25, 0.3) is 0 Å². The summed E-state index contributed by atoms with van der Waals surface area (Å²) >= 11 is 3.31. The standard InChI is InChI=1S/C16H17BrN2O5/c1-3-13(16(21)18-14-8-10(2)24-19-14)23-15(20)9-22-12-6-4-11(17)5-7-12/h4-8,13H,3,9H2,1-2H3,(H,18,19,21). The van der Waals surface area contributed by atoms with E-state index in [1.165, 1.54) is 0 Å². The Hall–Kier alpha value is -2.35. The van der Waals surface area contributed by atoms with Crippen LogP contribution in [-0.2, 0) is 14.3 Å². The fourth-order valence-electron chi connectivity index (χ4n) is 1.82. The maximum atomic E-state index is 12.1. The average molecular weight is 397 g/mol. The highest BCUT2D eigenvalue weighted by Gasteiger charge is 2.22. The Morgan fingerprint density at radius 2 is 2.04 bits per heavy atom. The smallest absolute Gasteiger partial charge is 0.344 e. The second-order valence-corrected chi connectivity index (χ2v) is 5.86. The average Bonchev–Trinajstić information content (AvgIpc) is 2.96. The number of ether oxygens (including phenoxy) is 2. The molecule has 0 aliphatic heterocycles. The number of hydrogen-bond donors (Lipinski definition) is 1. The summed E-state index contributed by atoms with van der Waals surface area (Å²) in [5.41, 5.74) is 0. The molecule has 128 valence electrons. The number of carbonyl (C=O) groups excluding carboxylic acids is 2. The highest BCUT2D eigenvalue weighted by molar-refractivity contribution is 9.10. The number of esters is 1. The highest BCUT2D eigenvalue weighted by Crippen LogP contribution is 2.16. The zero-order valence-electron chi connectivity index (χ0n) is 13.2. The van der Waals surface area contributed by atoms with Crippen LogP contribution in [0.4, 0.5) is 5.82 Å². The van der Waals surface area contributed by atoms with Gasteiger partial charge in [0.15, 0.2) is 18.5 Å². The molecule has 1 atom stereocenters. The molecule has 2 aromatic rings. The molecule has 24 heavy (non-hydrogen) atoms. The van der Waals surface area contributed by atoms with Gasteiger partial charge in [-0.1, -0.05) is 28.0 Å². The quantitative estimate of drug-likeness (QED) is 0.723. The van der Waals surface area contributed by atoms with Crippen LogP contribution in [0.15, 0.2) is 39.3 Å². The first-order valence-electron chi connectivity index (χ1n) is 7.30. The fraction of sp³-hybridized carbons (Fsp3) is 0.312. The molecule has 0 bridgehead atoms. The number of carbonyl (C=O) groups is 2. The SMILES string of the molecule is CCC(OC(=O)COc1ccc(Br)cc1)C(=O)Nc1cc(C)on1. The molecular weight excluding hydrogens is 380 g/mol. The molecule has 0 fully saturated rings. The van der Waals surface area contributed by atoms with Crippen molar-refractivity contribution in [2.75, 3.05) is 11.9 Å². The molecule has 1 N–H and O–H groups in total. The van der Waals surface area contributed by atoms with E-state index in [-0.39, 0.29) is 12.4 Å². The van der Waals surface area contributed by atoms with Crippen molar-refractivity contribution in [3.63, 3.8) is 0 Å². The monoisotopic (exact) mass is 396 g/mol. The van der Waals surface area contributed by atoms with Gasteiger partial charge in [0.1, 0.15) is 11.5 Å². The van der Waals surface area contributed by atoms with E-state index in [0.717, 1.165) is 4.47 Å². The lowest BCUT2D eigenvalue weighted by atomic mass is 10.2. The third kappa shape index (κ3) is 5.38. The number of halogens is 1. The van der Waals surface area contributed by atoms with Gasteiger partial charge >= 0.3 is 5.97 Å². The van der Waals surface area contributed by atoms with Crippen molar-refractivity contribution in [2.45, 2.75) is 26.4 Å². The molecule has 0 aliphatic carbocycles. The molecule has 8 heteroatoms. The van der Waals surface area contributed by atoms with Crippen LogP contribution in [0.3, 0.4) is 0 Å². The lowest BCUT2D eigenvalue weighted by Gasteiger charge is -2.15. The van der Waals surface area contributed by atoms with Crippen LogP contribution in [0.5, 0.6) is 5.75 Å². The number of aromatic nitrogens is 1. The maximum absolute atomic E-state index is 12.1. The van der Waals surface area contributed by atoms with Gasteiger partial charge in [-0.15, -0.1) is 0 Å². The minimum Gasteiger partial charge on any atom is -0.482 e. The second-order valence-electron chi connectivity index (χ2n) is 4.94. The van der Waals surface area contributed by atoms with Crippen molar-refractivity contribution in [3.05, 3.63) is 40.6 Å². The Balaban J connectivity index is 1.83. The summed E-state index contributed by atoms with van der Waals surface area (Å²) in [6, 6.07) is 8.59. The minimum absolute atomic E-state index is 0.276. The first-order chi connectivity index (χ1) is 11.5. The molecule has 1 heterocycles. The molecule has 1 aromatic carbocycles. The van der Waals surface area contributed by atoms with E-state index in [1.807, 2.05) is 0 Å². The molecule has 0 spiro atoms. The van der Waals surface area contributed by atoms with Crippen LogP contribution in [0, 0.1) is 6.92 Å². The molecule has 1 unspecified atom stereocenters. The van der Waals surface area contributed by atoms with Gasteiger partial charge in [-0.2, -0.15) is 0 Å². The van der Waals surface area contributed by atoms with Crippen molar-refractivity contribution in [1.82, 2.24) is 5.16 Å². The maximum Gasteiger partial charge on any atom is 0.344 e. The first-order valence-corrected chi connectivity index (χ1v) is 8.09. The summed E-state index contributed by atoms with van der Waals surface area (Å²) in [7, 11) is 0. The predicted octanol–water partition coefficient (Wildman–Crippen LogP) is 3.08. The molecule has 0 saturated heterocycles. The van der Waals surface area contributed by atoms with Crippen molar-refractivity contribution in [1.29, 1.82) is 0 Å². The third-order valence-corrected chi connectivity index (χ3v) is 3.52. The number of anilines is 1. The minimum atomic E-state index is -0.928. The summed E-state index contributed by atoms with van der Waals surface area (Å²) in [6.07, 6.45) is -0.602. The Kier molecular flexibility index (Phi) is 6.36. The van der Waals surface area contributed by atoms with E-state index in [1.54, 1.807) is 44.2 Å². The normalized spacial score (nSPS) is 11.6. The number of aryl methyl sites for hydroxylation is 1. The van der Waals surface area contributed by atoms with Gasteiger partial charge in [-0.3, -0.25) is 4.79 Å². The van der Waals surface area contributed by atoms with Crippen LogP contribution < -0.4 is 10.1 Å². The third-order valence-electron chi connectivity index (χ3n) is 2.99. The molecule has 7 nitrogen and oxygen atoms in total. The van der Waals surface area contributed by atoms with E-state index in [4.69, 9.17) is 14.0 Å². The number of nitrogens with one attached hydrogen (secondary N) is 1. The Morgan fingerprint density at radius 1 is 1.33 bits per heavy atom. The van der Waals surface area contributed by atoms with E-state index in [9.17, 15) is 9.59 Å². The summed E-state index contributed by atoms with van der Waals surface area (Å²) < 4.78 is 16.2. The van der Waals surface area contributed by atoms with Crippen LogP contribution in [0.2, 0.25) is 0 Å². The summed E-state index contributed by atoms with van der Waals surface area (Å²) in [5, 5.41) is 6.19. The zero-order valence-corrected chi connectivity index (χ0v) is 14.8. The van der Waals surface area contributed by atoms with Gasteiger partial charge in [-0.05, 0) is 37.6 Å². The fourth-order valence-corrected chi connectivity index (χ4v) is 2.08. The van der Waals surface area contributed by atoms with Crippen molar-refractivity contribution in [2.24, 2.45) is 0 Å². The van der Waals surface area contributed by atoms with Gasteiger partial charge in [0.05, 0.1) is 0 Å². The Bertz CT molecular complexity index is 699. The van der Waals surface area contributed by atoms with Gasteiger partial charge in [-0.25, -0.2) is 4.79 Å². The van der Waals surface area contributed by atoms with E-state index in [0.29, 0.717) is 17.9 Å². The number of hydrogen-bond acceptors (Lipinski definition) is 6. The number of nitrogens with zero attached hydrogens (tertiary/aromatic N) is 1. The largest absolute Gasteiger partial charge is 0.482 e.